The standard InChI is InChI=1S/C15H20O5/c1-14(2)10-4-5-15(14,3)12(18)9(10)6-8(13(19)20)7-11(16)17/h6,8,10H,4-5,7H2,1-3H3,(H,16,17)(H,19,20)/b9-6-/t8-,10+,15-/m1/s1. The molecule has 3 atom stereocenters. The predicted molar refractivity (Wildman–Crippen MR) is 71.1 cm³/mol. The molecule has 0 aromatic carbocycles. The molecule has 2 saturated carbocycles. The zero-order valence-corrected chi connectivity index (χ0v) is 12.0. The van der Waals surface area contributed by atoms with Gasteiger partial charge in [0.2, 0.25) is 0 Å². The van der Waals surface area contributed by atoms with E-state index in [0.29, 0.717) is 5.57 Å². The van der Waals surface area contributed by atoms with Crippen molar-refractivity contribution < 1.29 is 24.6 Å². The lowest BCUT2D eigenvalue weighted by Gasteiger charge is -2.31. The number of hydrogen-bond donors (Lipinski definition) is 2. The first-order valence-electron chi connectivity index (χ1n) is 6.82. The summed E-state index contributed by atoms with van der Waals surface area (Å²) in [4.78, 5) is 34.4. The Morgan fingerprint density at radius 2 is 1.95 bits per heavy atom. The van der Waals surface area contributed by atoms with Crippen LogP contribution in [0.25, 0.3) is 0 Å². The summed E-state index contributed by atoms with van der Waals surface area (Å²) in [6, 6.07) is 0. The van der Waals surface area contributed by atoms with Crippen LogP contribution < -0.4 is 0 Å². The molecule has 20 heavy (non-hydrogen) atoms. The molecule has 2 bridgehead atoms. The van der Waals surface area contributed by atoms with Crippen molar-refractivity contribution in [1.82, 2.24) is 0 Å². The molecule has 2 aliphatic carbocycles. The van der Waals surface area contributed by atoms with Gasteiger partial charge in [0.1, 0.15) is 0 Å². The molecule has 0 radical (unpaired) electrons. The van der Waals surface area contributed by atoms with E-state index in [1.807, 2.05) is 20.8 Å². The van der Waals surface area contributed by atoms with Gasteiger partial charge in [-0.25, -0.2) is 0 Å². The van der Waals surface area contributed by atoms with Gasteiger partial charge in [-0.15, -0.1) is 0 Å². The first-order chi connectivity index (χ1) is 9.11. The van der Waals surface area contributed by atoms with Crippen LogP contribution in [-0.4, -0.2) is 27.9 Å². The van der Waals surface area contributed by atoms with Gasteiger partial charge in [0.15, 0.2) is 5.78 Å². The van der Waals surface area contributed by atoms with Gasteiger partial charge in [-0.1, -0.05) is 26.8 Å². The molecular weight excluding hydrogens is 260 g/mol. The van der Waals surface area contributed by atoms with Gasteiger partial charge in [-0.2, -0.15) is 0 Å². The minimum Gasteiger partial charge on any atom is -0.481 e. The van der Waals surface area contributed by atoms with Crippen molar-refractivity contribution in [3.05, 3.63) is 11.6 Å². The molecule has 2 rings (SSSR count). The van der Waals surface area contributed by atoms with Crippen molar-refractivity contribution in [3.8, 4) is 0 Å². The highest BCUT2D eigenvalue weighted by molar-refractivity contribution is 6.05. The fourth-order valence-corrected chi connectivity index (χ4v) is 3.74. The van der Waals surface area contributed by atoms with Gasteiger partial charge in [0.25, 0.3) is 0 Å². The van der Waals surface area contributed by atoms with Gasteiger partial charge in [-0.05, 0) is 29.7 Å². The number of rotatable bonds is 4. The summed E-state index contributed by atoms with van der Waals surface area (Å²) in [6.07, 6.45) is 2.57. The molecule has 0 aromatic rings. The molecule has 0 amide bonds. The summed E-state index contributed by atoms with van der Waals surface area (Å²) in [5, 5.41) is 17.9. The van der Waals surface area contributed by atoms with Crippen molar-refractivity contribution >= 4 is 17.7 Å². The van der Waals surface area contributed by atoms with E-state index in [9.17, 15) is 14.4 Å². The van der Waals surface area contributed by atoms with E-state index >= 15 is 0 Å². The highest BCUT2D eigenvalue weighted by Crippen LogP contribution is 2.65. The Morgan fingerprint density at radius 1 is 1.35 bits per heavy atom. The number of Topliss-reactive ketones (excluding diaryl/α,β-unsaturated/α-hetero) is 1. The molecule has 110 valence electrons. The van der Waals surface area contributed by atoms with Crippen LogP contribution in [-0.2, 0) is 14.4 Å². The van der Waals surface area contributed by atoms with Crippen LogP contribution in [0.2, 0.25) is 0 Å². The zero-order chi connectivity index (χ0) is 15.3. The van der Waals surface area contributed by atoms with Gasteiger partial charge < -0.3 is 10.2 Å². The molecular formula is C15H20O5. The first-order valence-corrected chi connectivity index (χ1v) is 6.82. The maximum absolute atomic E-state index is 12.5. The van der Waals surface area contributed by atoms with Crippen molar-refractivity contribution in [1.29, 1.82) is 0 Å². The molecule has 2 aliphatic rings. The lowest BCUT2D eigenvalue weighted by atomic mass is 9.70. The van der Waals surface area contributed by atoms with Crippen LogP contribution in [0.5, 0.6) is 0 Å². The average molecular weight is 280 g/mol. The second-order valence-electron chi connectivity index (χ2n) is 6.64. The number of allylic oxidation sites excluding steroid dienone is 1. The van der Waals surface area contributed by atoms with E-state index in [4.69, 9.17) is 10.2 Å². The largest absolute Gasteiger partial charge is 0.481 e. The molecule has 5 heteroatoms. The first kappa shape index (κ1) is 14.8. The SMILES string of the molecule is CC1(C)[C@H]2CC[C@]1(C)C(=O)/C2=C\[C@H](CC(=O)O)C(=O)O. The molecule has 2 N–H and O–H groups in total. The molecule has 0 saturated heterocycles. The number of aliphatic carboxylic acids is 2. The Morgan fingerprint density at radius 3 is 2.35 bits per heavy atom. The van der Waals surface area contributed by atoms with Gasteiger partial charge in [0.05, 0.1) is 12.3 Å². The number of fused-ring (bicyclic) bond motifs is 2. The van der Waals surface area contributed by atoms with Gasteiger partial charge in [0, 0.05) is 5.41 Å². The minimum atomic E-state index is -1.20. The maximum Gasteiger partial charge on any atom is 0.310 e. The Bertz CT molecular complexity index is 516. The summed E-state index contributed by atoms with van der Waals surface area (Å²) in [5.74, 6) is -3.47. The molecule has 0 unspecified atom stereocenters. The topological polar surface area (TPSA) is 91.7 Å². The van der Waals surface area contributed by atoms with E-state index < -0.39 is 29.7 Å². The van der Waals surface area contributed by atoms with Gasteiger partial charge in [-0.3, -0.25) is 14.4 Å². The second kappa shape index (κ2) is 4.43. The maximum atomic E-state index is 12.5. The van der Waals surface area contributed by atoms with Crippen LogP contribution in [0.15, 0.2) is 11.6 Å². The van der Waals surface area contributed by atoms with E-state index in [-0.39, 0.29) is 17.1 Å². The van der Waals surface area contributed by atoms with Crippen LogP contribution in [0.4, 0.5) is 0 Å². The smallest absolute Gasteiger partial charge is 0.310 e. The molecule has 0 aliphatic heterocycles. The third-order valence-corrected chi connectivity index (χ3v) is 5.46. The Labute approximate surface area is 117 Å². The van der Waals surface area contributed by atoms with E-state index in [0.717, 1.165) is 12.8 Å². The number of hydrogen-bond acceptors (Lipinski definition) is 3. The highest BCUT2D eigenvalue weighted by atomic mass is 16.4. The lowest BCUT2D eigenvalue weighted by molar-refractivity contribution is -0.146. The van der Waals surface area contributed by atoms with E-state index in [2.05, 4.69) is 0 Å². The Kier molecular flexibility index (Phi) is 3.27. The molecule has 5 nitrogen and oxygen atoms in total. The Hall–Kier alpha value is -1.65. The minimum absolute atomic E-state index is 0.00427. The van der Waals surface area contributed by atoms with Crippen LogP contribution in [0.3, 0.4) is 0 Å². The fraction of sp³-hybridized carbons (Fsp3) is 0.667. The fourth-order valence-electron chi connectivity index (χ4n) is 3.74. The number of carbonyl (C=O) groups is 3. The summed E-state index contributed by atoms with van der Waals surface area (Å²) in [6.45, 7) is 6.01. The predicted octanol–water partition coefficient (Wildman–Crippen LogP) is 2.11. The quantitative estimate of drug-likeness (QED) is 0.769. The van der Waals surface area contributed by atoms with Crippen molar-refractivity contribution in [2.24, 2.45) is 22.7 Å². The number of carbonyl (C=O) groups excluding carboxylic acids is 1. The van der Waals surface area contributed by atoms with Crippen molar-refractivity contribution in [3.63, 3.8) is 0 Å². The second-order valence-corrected chi connectivity index (χ2v) is 6.64. The Balaban J connectivity index is 2.38. The monoisotopic (exact) mass is 280 g/mol. The normalized spacial score (nSPS) is 34.5. The number of carboxylic acids is 2. The summed E-state index contributed by atoms with van der Waals surface area (Å²) in [7, 11) is 0. The number of ketones is 1. The molecule has 0 aromatic heterocycles. The molecule has 0 spiro atoms. The third kappa shape index (κ3) is 1.87. The third-order valence-electron chi connectivity index (χ3n) is 5.46. The van der Waals surface area contributed by atoms with Crippen LogP contribution in [0, 0.1) is 22.7 Å². The van der Waals surface area contributed by atoms with E-state index in [1.54, 1.807) is 0 Å². The lowest BCUT2D eigenvalue weighted by Crippen LogP contribution is -2.32. The summed E-state index contributed by atoms with van der Waals surface area (Å²) >= 11 is 0. The van der Waals surface area contributed by atoms with Crippen molar-refractivity contribution in [2.75, 3.05) is 0 Å². The van der Waals surface area contributed by atoms with Crippen LogP contribution >= 0.6 is 0 Å². The summed E-state index contributed by atoms with van der Waals surface area (Å²) in [5.41, 5.74) is -0.116. The summed E-state index contributed by atoms with van der Waals surface area (Å²) < 4.78 is 0. The van der Waals surface area contributed by atoms with E-state index in [1.165, 1.54) is 6.08 Å². The molecule has 0 heterocycles. The van der Waals surface area contributed by atoms with Crippen LogP contribution in [0.1, 0.15) is 40.0 Å². The average Bonchev–Trinajstić information content (AvgIpc) is 2.62. The number of carboxylic acid groups (broad SMARTS) is 2. The highest BCUT2D eigenvalue weighted by Gasteiger charge is 2.63. The zero-order valence-electron chi connectivity index (χ0n) is 12.0. The molecule has 2 fully saturated rings. The van der Waals surface area contributed by atoms with Gasteiger partial charge >= 0.3 is 11.9 Å². The van der Waals surface area contributed by atoms with Crippen molar-refractivity contribution in [2.45, 2.75) is 40.0 Å².